The quantitative estimate of drug-likeness (QED) is 0.642. The molecule has 0 spiro atoms. The molecular formula is C17H16F2N2O2. The van der Waals surface area contributed by atoms with Gasteiger partial charge in [-0.25, -0.2) is 8.78 Å². The van der Waals surface area contributed by atoms with Crippen LogP contribution in [-0.2, 0) is 6.54 Å². The Bertz CT molecular complexity index is 709. The van der Waals surface area contributed by atoms with Gasteiger partial charge in [-0.05, 0) is 23.8 Å². The highest BCUT2D eigenvalue weighted by molar-refractivity contribution is 5.26. The molecule has 2 aromatic rings. The summed E-state index contributed by atoms with van der Waals surface area (Å²) in [6.45, 7) is 1.11. The van der Waals surface area contributed by atoms with E-state index < -0.39 is 23.6 Å². The second-order valence-electron chi connectivity index (χ2n) is 5.80. The Morgan fingerprint density at radius 2 is 1.87 bits per heavy atom. The number of halogens is 2. The van der Waals surface area contributed by atoms with E-state index in [0.29, 0.717) is 13.1 Å². The first-order chi connectivity index (χ1) is 11.0. The van der Waals surface area contributed by atoms with E-state index in [1.807, 2.05) is 35.2 Å². The standard InChI is InChI=1S/C17H16F2N2O2/c18-13-6-7-16(19)14(8-13)15-10-20(11-17(15)21(22)23)9-12-4-2-1-3-5-12/h1-8,15,17H,9-11H2/t15-,17+/m1/s1. The van der Waals surface area contributed by atoms with Gasteiger partial charge in [-0.2, -0.15) is 0 Å². The average Bonchev–Trinajstić information content (AvgIpc) is 2.94. The van der Waals surface area contributed by atoms with Crippen LogP contribution in [0.3, 0.4) is 0 Å². The molecule has 2 atom stereocenters. The molecule has 0 N–H and O–H groups in total. The summed E-state index contributed by atoms with van der Waals surface area (Å²) in [5.41, 5.74) is 1.12. The molecule has 1 aliphatic rings. The van der Waals surface area contributed by atoms with Gasteiger partial charge < -0.3 is 0 Å². The van der Waals surface area contributed by atoms with Gasteiger partial charge in [0.15, 0.2) is 0 Å². The first-order valence-corrected chi connectivity index (χ1v) is 7.39. The van der Waals surface area contributed by atoms with Gasteiger partial charge >= 0.3 is 0 Å². The van der Waals surface area contributed by atoms with Crippen LogP contribution in [0, 0.1) is 21.7 Å². The van der Waals surface area contributed by atoms with Crippen molar-refractivity contribution in [2.75, 3.05) is 13.1 Å². The first-order valence-electron chi connectivity index (χ1n) is 7.39. The van der Waals surface area contributed by atoms with Crippen molar-refractivity contribution in [1.82, 2.24) is 4.90 Å². The molecule has 23 heavy (non-hydrogen) atoms. The third-order valence-corrected chi connectivity index (χ3v) is 4.24. The Morgan fingerprint density at radius 1 is 1.13 bits per heavy atom. The van der Waals surface area contributed by atoms with Crippen molar-refractivity contribution < 1.29 is 13.7 Å². The van der Waals surface area contributed by atoms with E-state index in [4.69, 9.17) is 0 Å². The summed E-state index contributed by atoms with van der Waals surface area (Å²) in [4.78, 5) is 12.9. The highest BCUT2D eigenvalue weighted by Gasteiger charge is 2.43. The van der Waals surface area contributed by atoms with Gasteiger partial charge in [-0.3, -0.25) is 15.0 Å². The number of hydrogen-bond donors (Lipinski definition) is 0. The summed E-state index contributed by atoms with van der Waals surface area (Å²) in [5, 5.41) is 11.3. The molecule has 120 valence electrons. The lowest BCUT2D eigenvalue weighted by molar-refractivity contribution is -0.521. The normalized spacial score (nSPS) is 21.5. The second-order valence-corrected chi connectivity index (χ2v) is 5.80. The molecule has 0 aromatic heterocycles. The van der Waals surface area contributed by atoms with Gasteiger partial charge in [0, 0.05) is 23.6 Å². The number of hydrogen-bond acceptors (Lipinski definition) is 3. The molecule has 0 unspecified atom stereocenters. The van der Waals surface area contributed by atoms with Gasteiger partial charge in [-0.15, -0.1) is 0 Å². The van der Waals surface area contributed by atoms with Crippen LogP contribution < -0.4 is 0 Å². The Morgan fingerprint density at radius 3 is 2.57 bits per heavy atom. The van der Waals surface area contributed by atoms with Crippen LogP contribution in [0.25, 0.3) is 0 Å². The van der Waals surface area contributed by atoms with Gasteiger partial charge in [0.1, 0.15) is 11.6 Å². The smallest absolute Gasteiger partial charge is 0.233 e. The fourth-order valence-electron chi connectivity index (χ4n) is 3.15. The maximum Gasteiger partial charge on any atom is 0.233 e. The maximum absolute atomic E-state index is 14.0. The van der Waals surface area contributed by atoms with Gasteiger partial charge in [0.25, 0.3) is 0 Å². The Labute approximate surface area is 132 Å². The molecule has 6 heteroatoms. The van der Waals surface area contributed by atoms with Gasteiger partial charge in [-0.1, -0.05) is 30.3 Å². The molecule has 0 amide bonds. The lowest BCUT2D eigenvalue weighted by Gasteiger charge is -2.15. The number of rotatable bonds is 4. The van der Waals surface area contributed by atoms with Crippen LogP contribution in [0.1, 0.15) is 17.0 Å². The molecule has 1 fully saturated rings. The van der Waals surface area contributed by atoms with E-state index in [-0.39, 0.29) is 17.0 Å². The first kappa shape index (κ1) is 15.6. The lowest BCUT2D eigenvalue weighted by atomic mass is 9.94. The van der Waals surface area contributed by atoms with E-state index in [9.17, 15) is 18.9 Å². The molecule has 0 bridgehead atoms. The minimum atomic E-state index is -0.935. The summed E-state index contributed by atoms with van der Waals surface area (Å²) < 4.78 is 27.4. The molecule has 1 saturated heterocycles. The fraction of sp³-hybridized carbons (Fsp3) is 0.294. The van der Waals surface area contributed by atoms with Crippen molar-refractivity contribution in [2.24, 2.45) is 0 Å². The third-order valence-electron chi connectivity index (χ3n) is 4.24. The van der Waals surface area contributed by atoms with E-state index in [1.54, 1.807) is 0 Å². The summed E-state index contributed by atoms with van der Waals surface area (Å²) >= 11 is 0. The zero-order valence-electron chi connectivity index (χ0n) is 12.4. The number of likely N-dealkylation sites (tertiary alicyclic amines) is 1. The molecule has 0 radical (unpaired) electrons. The van der Waals surface area contributed by atoms with Crippen LogP contribution in [0.5, 0.6) is 0 Å². The van der Waals surface area contributed by atoms with E-state index in [2.05, 4.69) is 0 Å². The van der Waals surface area contributed by atoms with E-state index in [1.165, 1.54) is 0 Å². The summed E-state index contributed by atoms with van der Waals surface area (Å²) in [7, 11) is 0. The maximum atomic E-state index is 14.0. The van der Waals surface area contributed by atoms with Crippen LogP contribution >= 0.6 is 0 Å². The van der Waals surface area contributed by atoms with Gasteiger partial charge in [0.2, 0.25) is 6.04 Å². The Balaban J connectivity index is 1.84. The van der Waals surface area contributed by atoms with Crippen molar-refractivity contribution in [3.8, 4) is 0 Å². The summed E-state index contributed by atoms with van der Waals surface area (Å²) in [6, 6.07) is 11.8. The molecule has 0 aliphatic carbocycles. The Hall–Kier alpha value is -2.34. The molecule has 0 saturated carbocycles. The summed E-state index contributed by atoms with van der Waals surface area (Å²) in [5.74, 6) is -1.82. The predicted molar refractivity (Wildman–Crippen MR) is 81.6 cm³/mol. The number of benzene rings is 2. The van der Waals surface area contributed by atoms with E-state index >= 15 is 0 Å². The molecule has 3 rings (SSSR count). The van der Waals surface area contributed by atoms with Crippen molar-refractivity contribution >= 4 is 0 Å². The second kappa shape index (κ2) is 6.42. The minimum Gasteiger partial charge on any atom is -0.292 e. The van der Waals surface area contributed by atoms with Crippen LogP contribution in [0.15, 0.2) is 48.5 Å². The molecule has 1 heterocycles. The lowest BCUT2D eigenvalue weighted by Crippen LogP contribution is -2.28. The molecule has 4 nitrogen and oxygen atoms in total. The van der Waals surface area contributed by atoms with Crippen molar-refractivity contribution in [3.63, 3.8) is 0 Å². The third kappa shape index (κ3) is 3.37. The average molecular weight is 318 g/mol. The predicted octanol–water partition coefficient (Wildman–Crippen LogP) is 3.21. The van der Waals surface area contributed by atoms with Crippen molar-refractivity contribution in [2.45, 2.75) is 18.5 Å². The van der Waals surface area contributed by atoms with Crippen molar-refractivity contribution in [3.05, 3.63) is 81.4 Å². The number of nitro groups is 1. The zero-order valence-corrected chi connectivity index (χ0v) is 12.4. The largest absolute Gasteiger partial charge is 0.292 e. The van der Waals surface area contributed by atoms with Gasteiger partial charge in [0.05, 0.1) is 12.5 Å². The SMILES string of the molecule is O=[N+]([O-])[C@H]1CN(Cc2ccccc2)C[C@@H]1c1cc(F)ccc1F. The highest BCUT2D eigenvalue weighted by Crippen LogP contribution is 2.32. The summed E-state index contributed by atoms with van der Waals surface area (Å²) in [6.07, 6.45) is 0. The zero-order chi connectivity index (χ0) is 16.4. The topological polar surface area (TPSA) is 46.4 Å². The van der Waals surface area contributed by atoms with Crippen LogP contribution in [-0.4, -0.2) is 29.0 Å². The molecule has 1 aliphatic heterocycles. The molecule has 2 aromatic carbocycles. The van der Waals surface area contributed by atoms with E-state index in [0.717, 1.165) is 23.8 Å². The Kier molecular flexibility index (Phi) is 4.34. The van der Waals surface area contributed by atoms with Crippen LogP contribution in [0.4, 0.5) is 8.78 Å². The molecular weight excluding hydrogens is 302 g/mol. The highest BCUT2D eigenvalue weighted by atomic mass is 19.1. The van der Waals surface area contributed by atoms with Crippen molar-refractivity contribution in [1.29, 1.82) is 0 Å². The van der Waals surface area contributed by atoms with Crippen LogP contribution in [0.2, 0.25) is 0 Å². The minimum absolute atomic E-state index is 0.0854. The fourth-order valence-corrected chi connectivity index (χ4v) is 3.15. The monoisotopic (exact) mass is 318 g/mol. The number of nitrogens with zero attached hydrogens (tertiary/aromatic N) is 2.